The second-order valence-corrected chi connectivity index (χ2v) is 7.43. The lowest BCUT2D eigenvalue weighted by atomic mass is 9.82. The van der Waals surface area contributed by atoms with E-state index in [1.54, 1.807) is 6.07 Å². The fourth-order valence-corrected chi connectivity index (χ4v) is 3.31. The molecule has 0 amide bonds. The van der Waals surface area contributed by atoms with E-state index in [1.165, 1.54) is 0 Å². The van der Waals surface area contributed by atoms with E-state index < -0.39 is 10.1 Å². The maximum atomic E-state index is 11.2. The van der Waals surface area contributed by atoms with Crippen LogP contribution in [-0.4, -0.2) is 53.4 Å². The zero-order valence-corrected chi connectivity index (χ0v) is 13.6. The summed E-state index contributed by atoms with van der Waals surface area (Å²) in [6.07, 6.45) is 2.00. The molecule has 0 saturated carbocycles. The molecule has 5 nitrogen and oxygen atoms in total. The number of benzene rings is 1. The Balaban J connectivity index is 2.20. The molecule has 1 fully saturated rings. The van der Waals surface area contributed by atoms with Crippen LogP contribution in [0.3, 0.4) is 0 Å². The Hall–Kier alpha value is -1.11. The van der Waals surface area contributed by atoms with Gasteiger partial charge in [0.15, 0.2) is 0 Å². The molecule has 1 saturated heterocycles. The highest BCUT2D eigenvalue weighted by Crippen LogP contribution is 2.34. The van der Waals surface area contributed by atoms with Crippen LogP contribution in [0, 0.1) is 5.92 Å². The number of rotatable bonds is 5. The largest absolute Gasteiger partial charge is 0.383 e. The predicted octanol–water partition coefficient (Wildman–Crippen LogP) is 1.71. The Kier molecular flexibility index (Phi) is 5.24. The number of ether oxygens (including phenoxy) is 1. The first-order valence-electron chi connectivity index (χ1n) is 7.07. The van der Waals surface area contributed by atoms with Gasteiger partial charge in [-0.1, -0.05) is 12.1 Å². The quantitative estimate of drug-likeness (QED) is 0.775. The van der Waals surface area contributed by atoms with Gasteiger partial charge in [0.2, 0.25) is 0 Å². The number of nitrogens with zero attached hydrogens (tertiary/aromatic N) is 1. The smallest absolute Gasteiger partial charge is 0.306 e. The van der Waals surface area contributed by atoms with E-state index >= 15 is 0 Å². The molecule has 1 aromatic carbocycles. The topological polar surface area (TPSA) is 55.8 Å². The van der Waals surface area contributed by atoms with Gasteiger partial charge in [-0.25, -0.2) is 0 Å². The summed E-state index contributed by atoms with van der Waals surface area (Å²) in [5.41, 5.74) is 1.12. The van der Waals surface area contributed by atoms with Gasteiger partial charge in [-0.2, -0.15) is 8.42 Å². The lowest BCUT2D eigenvalue weighted by Gasteiger charge is -2.33. The van der Waals surface area contributed by atoms with Crippen LogP contribution in [0.5, 0.6) is 5.75 Å². The Morgan fingerprint density at radius 1 is 1.38 bits per heavy atom. The van der Waals surface area contributed by atoms with Crippen molar-refractivity contribution in [3.63, 3.8) is 0 Å². The maximum absolute atomic E-state index is 11.2. The SMILES string of the molecule is CN(C)C[C@@H]1COCC[C@H]1c1cccc(OS(C)(=O)=O)c1. The first-order chi connectivity index (χ1) is 9.85. The average molecular weight is 313 g/mol. The molecule has 1 aliphatic rings. The minimum absolute atomic E-state index is 0.365. The Morgan fingerprint density at radius 2 is 2.14 bits per heavy atom. The summed E-state index contributed by atoms with van der Waals surface area (Å²) in [4.78, 5) is 2.16. The summed E-state index contributed by atoms with van der Waals surface area (Å²) in [6, 6.07) is 7.39. The van der Waals surface area contributed by atoms with Crippen molar-refractivity contribution in [1.82, 2.24) is 4.90 Å². The van der Waals surface area contributed by atoms with Crippen molar-refractivity contribution in [2.45, 2.75) is 12.3 Å². The minimum atomic E-state index is -3.49. The van der Waals surface area contributed by atoms with Crippen LogP contribution in [0.15, 0.2) is 24.3 Å². The second-order valence-electron chi connectivity index (χ2n) is 5.85. The van der Waals surface area contributed by atoms with Crippen LogP contribution in [0.1, 0.15) is 17.9 Å². The van der Waals surface area contributed by atoms with Crippen LogP contribution in [0.25, 0.3) is 0 Å². The standard InChI is InChI=1S/C15H23NO4S/c1-16(2)10-13-11-19-8-7-15(13)12-5-4-6-14(9-12)20-21(3,17)18/h4-6,9,13,15H,7-8,10-11H2,1-3H3/t13-,15+/m1/s1. The molecule has 2 rings (SSSR count). The van der Waals surface area contributed by atoms with Gasteiger partial charge in [0.25, 0.3) is 0 Å². The molecular weight excluding hydrogens is 290 g/mol. The highest BCUT2D eigenvalue weighted by Gasteiger charge is 2.27. The lowest BCUT2D eigenvalue weighted by molar-refractivity contribution is 0.0302. The van der Waals surface area contributed by atoms with Crippen LogP contribution in [0.2, 0.25) is 0 Å². The van der Waals surface area contributed by atoms with E-state index in [9.17, 15) is 8.42 Å². The van der Waals surface area contributed by atoms with Gasteiger partial charge >= 0.3 is 10.1 Å². The summed E-state index contributed by atoms with van der Waals surface area (Å²) in [7, 11) is 0.611. The van der Waals surface area contributed by atoms with E-state index in [2.05, 4.69) is 19.0 Å². The van der Waals surface area contributed by atoms with Gasteiger partial charge in [0.05, 0.1) is 12.9 Å². The maximum Gasteiger partial charge on any atom is 0.306 e. The van der Waals surface area contributed by atoms with Gasteiger partial charge in [0.1, 0.15) is 5.75 Å². The average Bonchev–Trinajstić information content (AvgIpc) is 2.37. The molecule has 1 aliphatic heterocycles. The third-order valence-corrected chi connectivity index (χ3v) is 4.10. The van der Waals surface area contributed by atoms with E-state index in [0.29, 0.717) is 17.6 Å². The molecule has 1 aromatic rings. The molecule has 0 N–H and O–H groups in total. The van der Waals surface area contributed by atoms with Crippen molar-refractivity contribution < 1.29 is 17.3 Å². The molecular formula is C15H23NO4S. The monoisotopic (exact) mass is 313 g/mol. The van der Waals surface area contributed by atoms with E-state index in [1.807, 2.05) is 18.2 Å². The third kappa shape index (κ3) is 4.98. The van der Waals surface area contributed by atoms with Crippen molar-refractivity contribution in [3.05, 3.63) is 29.8 Å². The van der Waals surface area contributed by atoms with Crippen LogP contribution in [-0.2, 0) is 14.9 Å². The predicted molar refractivity (Wildman–Crippen MR) is 82.1 cm³/mol. The molecule has 0 radical (unpaired) electrons. The van der Waals surface area contributed by atoms with Gasteiger partial charge in [-0.3, -0.25) is 0 Å². The van der Waals surface area contributed by atoms with Crippen molar-refractivity contribution >= 4 is 10.1 Å². The number of hydrogen-bond acceptors (Lipinski definition) is 5. The summed E-state index contributed by atoms with van der Waals surface area (Å²) < 4.78 is 33.1. The van der Waals surface area contributed by atoms with E-state index in [0.717, 1.165) is 38.0 Å². The molecule has 6 heteroatoms. The molecule has 0 aromatic heterocycles. The van der Waals surface area contributed by atoms with Crippen molar-refractivity contribution in [1.29, 1.82) is 0 Å². The van der Waals surface area contributed by atoms with Crippen molar-refractivity contribution in [2.24, 2.45) is 5.92 Å². The first-order valence-corrected chi connectivity index (χ1v) is 8.88. The fourth-order valence-electron chi connectivity index (χ4n) is 2.86. The highest BCUT2D eigenvalue weighted by molar-refractivity contribution is 7.86. The van der Waals surface area contributed by atoms with E-state index in [4.69, 9.17) is 8.92 Å². The molecule has 118 valence electrons. The normalized spacial score (nSPS) is 23.2. The summed E-state index contributed by atoms with van der Waals surface area (Å²) >= 11 is 0. The van der Waals surface area contributed by atoms with E-state index in [-0.39, 0.29) is 0 Å². The Morgan fingerprint density at radius 3 is 2.81 bits per heavy atom. The minimum Gasteiger partial charge on any atom is -0.383 e. The summed E-state index contributed by atoms with van der Waals surface area (Å²) in [5, 5.41) is 0. The van der Waals surface area contributed by atoms with Gasteiger partial charge in [-0.15, -0.1) is 0 Å². The summed E-state index contributed by atoms with van der Waals surface area (Å²) in [6.45, 7) is 2.42. The van der Waals surface area contributed by atoms with Crippen LogP contribution in [0.4, 0.5) is 0 Å². The molecule has 21 heavy (non-hydrogen) atoms. The lowest BCUT2D eigenvalue weighted by Crippen LogP contribution is -2.34. The molecule has 0 unspecified atom stereocenters. The second kappa shape index (κ2) is 6.77. The van der Waals surface area contributed by atoms with Crippen molar-refractivity contribution in [3.8, 4) is 5.75 Å². The van der Waals surface area contributed by atoms with Crippen molar-refractivity contribution in [2.75, 3.05) is 40.1 Å². The third-order valence-electron chi connectivity index (χ3n) is 3.61. The molecule has 0 spiro atoms. The molecule has 0 bridgehead atoms. The number of hydrogen-bond donors (Lipinski definition) is 0. The van der Waals surface area contributed by atoms with Crippen LogP contribution < -0.4 is 4.18 Å². The zero-order valence-electron chi connectivity index (χ0n) is 12.8. The van der Waals surface area contributed by atoms with Gasteiger partial charge in [0, 0.05) is 19.1 Å². The Labute approximate surface area is 127 Å². The molecule has 2 atom stereocenters. The highest BCUT2D eigenvalue weighted by atomic mass is 32.2. The fraction of sp³-hybridized carbons (Fsp3) is 0.600. The Bertz CT molecular complexity index is 571. The zero-order chi connectivity index (χ0) is 15.5. The van der Waals surface area contributed by atoms with Gasteiger partial charge in [-0.05, 0) is 44.1 Å². The molecule has 1 heterocycles. The van der Waals surface area contributed by atoms with Crippen LogP contribution >= 0.6 is 0 Å². The first kappa shape index (κ1) is 16.3. The van der Waals surface area contributed by atoms with Gasteiger partial charge < -0.3 is 13.8 Å². The summed E-state index contributed by atoms with van der Waals surface area (Å²) in [5.74, 6) is 1.15. The molecule has 0 aliphatic carbocycles.